The van der Waals surface area contributed by atoms with E-state index in [9.17, 15) is 4.79 Å². The Balaban J connectivity index is 1.58. The third kappa shape index (κ3) is 3.91. The number of nitrogens with zero attached hydrogens (tertiary/aromatic N) is 1. The molecule has 0 saturated heterocycles. The second kappa shape index (κ2) is 8.74. The second-order valence-electron chi connectivity index (χ2n) is 8.14. The third-order valence-electron chi connectivity index (χ3n) is 6.49. The van der Waals surface area contributed by atoms with E-state index in [-0.39, 0.29) is 23.1 Å². The number of nitrogens with two attached hydrogens (primary N) is 1. The highest BCUT2D eigenvalue weighted by Crippen LogP contribution is 2.42. The average molecular weight is 490 g/mol. The summed E-state index contributed by atoms with van der Waals surface area (Å²) in [6.07, 6.45) is 6.17. The first-order chi connectivity index (χ1) is 14.4. The average Bonchev–Trinajstić information content (AvgIpc) is 2.78. The van der Waals surface area contributed by atoms with Gasteiger partial charge in [0.25, 0.3) is 5.56 Å². The minimum absolute atomic E-state index is 0.0351. The lowest BCUT2D eigenvalue weighted by Crippen LogP contribution is -2.49. The summed E-state index contributed by atoms with van der Waals surface area (Å²) in [7, 11) is 0. The van der Waals surface area contributed by atoms with Crippen molar-refractivity contribution in [3.05, 3.63) is 80.1 Å². The summed E-state index contributed by atoms with van der Waals surface area (Å²) in [6, 6.07) is 16.0. The largest absolute Gasteiger partial charge is 0.408 e. The van der Waals surface area contributed by atoms with Gasteiger partial charge in [0.15, 0.2) is 0 Å². The zero-order valence-electron chi connectivity index (χ0n) is 17.0. The molecule has 0 bridgehead atoms. The van der Waals surface area contributed by atoms with Crippen LogP contribution in [-0.2, 0) is 5.41 Å². The van der Waals surface area contributed by atoms with Crippen LogP contribution < -0.4 is 16.1 Å². The minimum Gasteiger partial charge on any atom is -0.408 e. The summed E-state index contributed by atoms with van der Waals surface area (Å²) in [4.78, 5) is 19.1. The predicted octanol–water partition coefficient (Wildman–Crippen LogP) is 5.46. The van der Waals surface area contributed by atoms with E-state index in [1.807, 2.05) is 12.1 Å². The van der Waals surface area contributed by atoms with Crippen LogP contribution in [0.4, 0.5) is 0 Å². The number of hydrogen-bond donors (Lipinski definition) is 1. The van der Waals surface area contributed by atoms with Crippen molar-refractivity contribution in [1.29, 1.82) is 0 Å². The van der Waals surface area contributed by atoms with Crippen LogP contribution in [0.15, 0.2) is 64.0 Å². The minimum atomic E-state index is -0.194. The van der Waals surface area contributed by atoms with Crippen LogP contribution >= 0.6 is 27.5 Å². The molecule has 2 aromatic carbocycles. The van der Waals surface area contributed by atoms with E-state index in [4.69, 9.17) is 22.2 Å². The zero-order chi connectivity index (χ0) is 21.3. The predicted molar refractivity (Wildman–Crippen MR) is 126 cm³/mol. The molecule has 1 aliphatic carbocycles. The molecule has 0 radical (unpaired) electrons. The Bertz CT molecular complexity index is 1090. The maximum absolute atomic E-state index is 12.9. The molecular weight excluding hydrogens is 464 g/mol. The first-order valence-electron chi connectivity index (χ1n) is 10.4. The Morgan fingerprint density at radius 1 is 1.20 bits per heavy atom. The van der Waals surface area contributed by atoms with Gasteiger partial charge in [0.2, 0.25) is 0 Å². The summed E-state index contributed by atoms with van der Waals surface area (Å²) in [5.74, 6) is 0. The Morgan fingerprint density at radius 3 is 2.57 bits per heavy atom. The molecule has 30 heavy (non-hydrogen) atoms. The van der Waals surface area contributed by atoms with Crippen molar-refractivity contribution >= 4 is 38.3 Å². The first kappa shape index (κ1) is 21.4. The molecule has 1 saturated carbocycles. The van der Waals surface area contributed by atoms with Gasteiger partial charge in [-0.2, -0.15) is 4.73 Å². The summed E-state index contributed by atoms with van der Waals surface area (Å²) in [5, 5.41) is 1.90. The molecule has 3 aromatic rings. The molecule has 1 unspecified atom stereocenters. The van der Waals surface area contributed by atoms with Crippen LogP contribution in [0, 0.1) is 0 Å². The normalized spacial score (nSPS) is 22.7. The fourth-order valence-corrected chi connectivity index (χ4v) is 5.44. The van der Waals surface area contributed by atoms with E-state index in [2.05, 4.69) is 47.1 Å². The van der Waals surface area contributed by atoms with E-state index in [0.717, 1.165) is 42.0 Å². The molecule has 6 heteroatoms. The van der Waals surface area contributed by atoms with Gasteiger partial charge in [0, 0.05) is 26.3 Å². The van der Waals surface area contributed by atoms with Crippen molar-refractivity contribution in [1.82, 2.24) is 4.73 Å². The molecule has 1 heterocycles. The van der Waals surface area contributed by atoms with Crippen LogP contribution in [0.25, 0.3) is 10.8 Å². The van der Waals surface area contributed by atoms with E-state index < -0.39 is 0 Å². The highest BCUT2D eigenvalue weighted by Gasteiger charge is 2.41. The zero-order valence-corrected chi connectivity index (χ0v) is 19.3. The van der Waals surface area contributed by atoms with E-state index in [0.29, 0.717) is 10.4 Å². The SMILES string of the molecule is CCC(N)C1(c2ccccc2)CCC(On2cc(Br)c3ccc(Cl)cc3c2=O)CC1. The second-order valence-corrected chi connectivity index (χ2v) is 9.43. The number of rotatable bonds is 5. The van der Waals surface area contributed by atoms with Gasteiger partial charge >= 0.3 is 0 Å². The van der Waals surface area contributed by atoms with Gasteiger partial charge in [-0.15, -0.1) is 0 Å². The van der Waals surface area contributed by atoms with Crippen LogP contribution in [-0.4, -0.2) is 16.9 Å². The molecular formula is C24H26BrClN2O2. The lowest BCUT2D eigenvalue weighted by Gasteiger charge is -2.44. The van der Waals surface area contributed by atoms with E-state index in [1.54, 1.807) is 18.3 Å². The standard InChI is InChI=1S/C24H26BrClN2O2/c1-2-22(27)24(16-6-4-3-5-7-16)12-10-18(11-13-24)30-28-15-21(25)19-9-8-17(26)14-20(19)23(28)29/h3-9,14-15,18,22H,2,10-13,27H2,1H3. The molecule has 0 spiro atoms. The van der Waals surface area contributed by atoms with E-state index >= 15 is 0 Å². The Kier molecular flexibility index (Phi) is 6.24. The molecule has 1 atom stereocenters. The Morgan fingerprint density at radius 2 is 1.90 bits per heavy atom. The van der Waals surface area contributed by atoms with Gasteiger partial charge in [-0.05, 0) is 65.7 Å². The number of hydrogen-bond acceptors (Lipinski definition) is 3. The number of aromatic nitrogens is 1. The third-order valence-corrected chi connectivity index (χ3v) is 7.35. The molecule has 1 fully saturated rings. The van der Waals surface area contributed by atoms with Gasteiger partial charge in [-0.1, -0.05) is 54.9 Å². The van der Waals surface area contributed by atoms with Gasteiger partial charge < -0.3 is 10.6 Å². The van der Waals surface area contributed by atoms with Crippen LogP contribution in [0.1, 0.15) is 44.6 Å². The summed E-state index contributed by atoms with van der Waals surface area (Å²) in [6.45, 7) is 2.15. The maximum atomic E-state index is 12.9. The van der Waals surface area contributed by atoms with Gasteiger partial charge in [-0.3, -0.25) is 4.79 Å². The van der Waals surface area contributed by atoms with Gasteiger partial charge in [0.1, 0.15) is 6.10 Å². The lowest BCUT2D eigenvalue weighted by molar-refractivity contribution is -0.00734. The molecule has 4 rings (SSSR count). The fourth-order valence-electron chi connectivity index (χ4n) is 4.74. The maximum Gasteiger partial charge on any atom is 0.290 e. The molecule has 158 valence electrons. The monoisotopic (exact) mass is 488 g/mol. The summed E-state index contributed by atoms with van der Waals surface area (Å²) >= 11 is 9.65. The van der Waals surface area contributed by atoms with Crippen molar-refractivity contribution in [2.75, 3.05) is 0 Å². The summed E-state index contributed by atoms with van der Waals surface area (Å²) in [5.41, 5.74) is 7.69. The number of fused-ring (bicyclic) bond motifs is 1. The number of pyridine rings is 1. The van der Waals surface area contributed by atoms with Crippen molar-refractivity contribution in [3.63, 3.8) is 0 Å². The molecule has 2 N–H and O–H groups in total. The Hall–Kier alpha value is -1.82. The van der Waals surface area contributed by atoms with Crippen LogP contribution in [0.2, 0.25) is 5.02 Å². The quantitative estimate of drug-likeness (QED) is 0.517. The first-order valence-corrected chi connectivity index (χ1v) is 11.6. The van der Waals surface area contributed by atoms with E-state index in [1.165, 1.54) is 10.3 Å². The van der Waals surface area contributed by atoms with Crippen molar-refractivity contribution < 1.29 is 4.84 Å². The fraction of sp³-hybridized carbons (Fsp3) is 0.375. The molecule has 0 aliphatic heterocycles. The molecule has 4 nitrogen and oxygen atoms in total. The topological polar surface area (TPSA) is 57.2 Å². The number of halogens is 2. The van der Waals surface area contributed by atoms with Gasteiger partial charge in [0.05, 0.1) is 11.6 Å². The molecule has 1 aliphatic rings. The highest BCUT2D eigenvalue weighted by atomic mass is 79.9. The molecule has 0 amide bonds. The van der Waals surface area contributed by atoms with Gasteiger partial charge in [-0.25, -0.2) is 0 Å². The van der Waals surface area contributed by atoms with Crippen molar-refractivity contribution in [2.24, 2.45) is 5.73 Å². The van der Waals surface area contributed by atoms with Crippen molar-refractivity contribution in [3.8, 4) is 0 Å². The highest BCUT2D eigenvalue weighted by molar-refractivity contribution is 9.10. The van der Waals surface area contributed by atoms with Crippen LogP contribution in [0.5, 0.6) is 0 Å². The van der Waals surface area contributed by atoms with Crippen molar-refractivity contribution in [2.45, 2.75) is 56.6 Å². The smallest absolute Gasteiger partial charge is 0.290 e. The number of benzene rings is 2. The summed E-state index contributed by atoms with van der Waals surface area (Å²) < 4.78 is 2.15. The lowest BCUT2D eigenvalue weighted by atomic mass is 9.64. The molecule has 1 aromatic heterocycles. The van der Waals surface area contributed by atoms with Crippen LogP contribution in [0.3, 0.4) is 0 Å². The Labute approximate surface area is 190 Å².